The molecule has 0 saturated carbocycles. The standard InChI is InChI=1S/C28H27Cl2N5O4/c1-4-22(36)32-18-13-39-14-19(18)34-28-31-12-16-10-17(23-24(29)20(37-2)11-21(38-3)25(23)30)33-26(27(16)35-28)15-8-6-5-7-9-15/h4-12,18-19,22,32,36H,1,13-14H2,2-3H3,(H,31,34,35)/t18-,19+,22?/m0/s1. The Bertz CT molecular complexity index is 1480. The summed E-state index contributed by atoms with van der Waals surface area (Å²) in [6.07, 6.45) is 2.30. The Morgan fingerprint density at radius 1 is 1.05 bits per heavy atom. The van der Waals surface area contributed by atoms with Crippen molar-refractivity contribution < 1.29 is 19.3 Å². The lowest BCUT2D eigenvalue weighted by Gasteiger charge is -2.22. The van der Waals surface area contributed by atoms with Crippen LogP contribution in [0.3, 0.4) is 0 Å². The second kappa shape index (κ2) is 11.7. The van der Waals surface area contributed by atoms with Gasteiger partial charge in [0.05, 0.1) is 61.0 Å². The van der Waals surface area contributed by atoms with E-state index in [4.69, 9.17) is 47.4 Å². The van der Waals surface area contributed by atoms with E-state index in [1.807, 2.05) is 36.4 Å². The molecular weight excluding hydrogens is 541 g/mol. The highest BCUT2D eigenvalue weighted by atomic mass is 35.5. The van der Waals surface area contributed by atoms with Crippen LogP contribution in [0.5, 0.6) is 11.5 Å². The molecule has 4 aromatic rings. The second-order valence-corrected chi connectivity index (χ2v) is 9.64. The third-order valence-electron chi connectivity index (χ3n) is 6.45. The number of aliphatic hydroxyl groups is 1. The minimum atomic E-state index is -0.847. The van der Waals surface area contributed by atoms with Crippen LogP contribution in [0.4, 0.5) is 5.95 Å². The molecule has 202 valence electrons. The van der Waals surface area contributed by atoms with E-state index in [0.29, 0.717) is 63.2 Å². The fraction of sp³-hybridized carbons (Fsp3) is 0.250. The molecule has 39 heavy (non-hydrogen) atoms. The fourth-order valence-electron chi connectivity index (χ4n) is 4.46. The summed E-state index contributed by atoms with van der Waals surface area (Å²) < 4.78 is 16.5. The van der Waals surface area contributed by atoms with Crippen molar-refractivity contribution in [3.8, 4) is 34.0 Å². The first-order valence-corrected chi connectivity index (χ1v) is 12.9. The Hall–Kier alpha value is -3.47. The number of anilines is 1. The number of aromatic nitrogens is 3. The Balaban J connectivity index is 1.62. The number of hydrogen-bond donors (Lipinski definition) is 3. The lowest BCUT2D eigenvalue weighted by atomic mass is 10.0. The van der Waals surface area contributed by atoms with Crippen molar-refractivity contribution in [3.05, 3.63) is 71.4 Å². The van der Waals surface area contributed by atoms with Crippen molar-refractivity contribution in [2.24, 2.45) is 0 Å². The van der Waals surface area contributed by atoms with Crippen LogP contribution in [-0.2, 0) is 4.74 Å². The van der Waals surface area contributed by atoms with Gasteiger partial charge in [0.15, 0.2) is 0 Å². The van der Waals surface area contributed by atoms with Gasteiger partial charge in [-0.1, -0.05) is 60.1 Å². The van der Waals surface area contributed by atoms with Gasteiger partial charge in [0, 0.05) is 28.8 Å². The molecule has 1 saturated heterocycles. The number of nitrogens with zero attached hydrogens (tertiary/aromatic N) is 3. The molecule has 2 aromatic carbocycles. The Morgan fingerprint density at radius 2 is 1.74 bits per heavy atom. The van der Waals surface area contributed by atoms with Gasteiger partial charge < -0.3 is 24.6 Å². The highest BCUT2D eigenvalue weighted by Gasteiger charge is 2.30. The Labute approximate surface area is 235 Å². The molecule has 2 aromatic heterocycles. The van der Waals surface area contributed by atoms with Gasteiger partial charge in [0.25, 0.3) is 0 Å². The van der Waals surface area contributed by atoms with Crippen LogP contribution >= 0.6 is 23.2 Å². The van der Waals surface area contributed by atoms with Crippen LogP contribution < -0.4 is 20.1 Å². The summed E-state index contributed by atoms with van der Waals surface area (Å²) in [5.41, 5.74) is 3.12. The minimum Gasteiger partial charge on any atom is -0.495 e. The molecule has 1 aliphatic heterocycles. The average Bonchev–Trinajstić information content (AvgIpc) is 3.39. The molecule has 3 heterocycles. The van der Waals surface area contributed by atoms with Crippen molar-refractivity contribution >= 4 is 40.1 Å². The number of rotatable bonds is 9. The smallest absolute Gasteiger partial charge is 0.223 e. The molecule has 1 aliphatic rings. The molecule has 0 aliphatic carbocycles. The molecule has 1 unspecified atom stereocenters. The Morgan fingerprint density at radius 3 is 2.41 bits per heavy atom. The minimum absolute atomic E-state index is 0.154. The number of nitrogens with one attached hydrogen (secondary N) is 2. The van der Waals surface area contributed by atoms with Gasteiger partial charge in [0.1, 0.15) is 23.2 Å². The molecule has 0 amide bonds. The summed E-state index contributed by atoms with van der Waals surface area (Å²) in [6.45, 7) is 4.47. The zero-order valence-corrected chi connectivity index (χ0v) is 22.8. The quantitative estimate of drug-likeness (QED) is 0.191. The Kier molecular flexibility index (Phi) is 8.15. The van der Waals surface area contributed by atoms with E-state index in [0.717, 1.165) is 10.9 Å². The molecule has 0 bridgehead atoms. The van der Waals surface area contributed by atoms with Crippen molar-refractivity contribution in [2.75, 3.05) is 32.8 Å². The highest BCUT2D eigenvalue weighted by molar-refractivity contribution is 6.41. The van der Waals surface area contributed by atoms with Crippen LogP contribution in [-0.4, -0.2) is 65.8 Å². The number of benzene rings is 2. The van der Waals surface area contributed by atoms with E-state index in [1.165, 1.54) is 20.3 Å². The first-order valence-electron chi connectivity index (χ1n) is 12.2. The molecule has 11 heteroatoms. The second-order valence-electron chi connectivity index (χ2n) is 8.88. The zero-order chi connectivity index (χ0) is 27.5. The normalized spacial score (nSPS) is 17.7. The SMILES string of the molecule is C=CC(O)N[C@H]1COC[C@H]1Nc1ncc2cc(-c3c(Cl)c(OC)cc(OC)c3Cl)nc(-c3ccccc3)c2n1. The predicted octanol–water partition coefficient (Wildman–Crippen LogP) is 4.96. The summed E-state index contributed by atoms with van der Waals surface area (Å²) in [4.78, 5) is 14.4. The molecule has 0 radical (unpaired) electrons. The van der Waals surface area contributed by atoms with Gasteiger partial charge >= 0.3 is 0 Å². The third kappa shape index (κ3) is 5.50. The molecule has 3 N–H and O–H groups in total. The maximum absolute atomic E-state index is 9.94. The van der Waals surface area contributed by atoms with E-state index in [-0.39, 0.29) is 12.1 Å². The molecule has 1 fully saturated rings. The van der Waals surface area contributed by atoms with E-state index in [2.05, 4.69) is 22.2 Å². The highest BCUT2D eigenvalue weighted by Crippen LogP contribution is 2.46. The number of halogens is 2. The lowest BCUT2D eigenvalue weighted by molar-refractivity contribution is 0.149. The van der Waals surface area contributed by atoms with E-state index >= 15 is 0 Å². The molecule has 0 spiro atoms. The maximum Gasteiger partial charge on any atom is 0.223 e. The zero-order valence-electron chi connectivity index (χ0n) is 21.3. The monoisotopic (exact) mass is 567 g/mol. The van der Waals surface area contributed by atoms with Crippen molar-refractivity contribution in [1.29, 1.82) is 0 Å². The van der Waals surface area contributed by atoms with Crippen molar-refractivity contribution in [3.63, 3.8) is 0 Å². The number of ether oxygens (including phenoxy) is 3. The molecular formula is C28H27Cl2N5O4. The van der Waals surface area contributed by atoms with Gasteiger partial charge in [-0.3, -0.25) is 5.32 Å². The average molecular weight is 568 g/mol. The van der Waals surface area contributed by atoms with Crippen LogP contribution in [0.15, 0.2) is 61.3 Å². The molecule has 9 nitrogen and oxygen atoms in total. The number of fused-ring (bicyclic) bond motifs is 1. The van der Waals surface area contributed by atoms with Crippen LogP contribution in [0.1, 0.15) is 0 Å². The predicted molar refractivity (Wildman–Crippen MR) is 153 cm³/mol. The first kappa shape index (κ1) is 27.1. The molecule has 3 atom stereocenters. The van der Waals surface area contributed by atoms with E-state index in [1.54, 1.807) is 12.3 Å². The number of aliphatic hydroxyl groups excluding tert-OH is 1. The van der Waals surface area contributed by atoms with Crippen LogP contribution in [0.25, 0.3) is 33.4 Å². The summed E-state index contributed by atoms with van der Waals surface area (Å²) in [5.74, 6) is 1.23. The largest absolute Gasteiger partial charge is 0.495 e. The van der Waals surface area contributed by atoms with Crippen LogP contribution in [0.2, 0.25) is 10.0 Å². The third-order valence-corrected chi connectivity index (χ3v) is 7.20. The van der Waals surface area contributed by atoms with Gasteiger partial charge in [-0.15, -0.1) is 0 Å². The van der Waals surface area contributed by atoms with Gasteiger partial charge in [-0.2, -0.15) is 0 Å². The van der Waals surface area contributed by atoms with Crippen LogP contribution in [0, 0.1) is 0 Å². The summed E-state index contributed by atoms with van der Waals surface area (Å²) in [5, 5.41) is 17.7. The first-order chi connectivity index (χ1) is 18.9. The number of methoxy groups -OCH3 is 2. The van der Waals surface area contributed by atoms with Gasteiger partial charge in [0.2, 0.25) is 5.95 Å². The number of hydrogen-bond acceptors (Lipinski definition) is 9. The van der Waals surface area contributed by atoms with Crippen molar-refractivity contribution in [1.82, 2.24) is 20.3 Å². The van der Waals surface area contributed by atoms with Gasteiger partial charge in [-0.05, 0) is 12.1 Å². The summed E-state index contributed by atoms with van der Waals surface area (Å²) in [6, 6.07) is 12.9. The number of pyridine rings is 1. The van der Waals surface area contributed by atoms with Crippen molar-refractivity contribution in [2.45, 2.75) is 18.3 Å². The molecule has 5 rings (SSSR count). The fourth-order valence-corrected chi connectivity index (χ4v) is 5.15. The maximum atomic E-state index is 9.94. The van der Waals surface area contributed by atoms with Gasteiger partial charge in [-0.25, -0.2) is 15.0 Å². The van der Waals surface area contributed by atoms with E-state index < -0.39 is 6.23 Å². The van der Waals surface area contributed by atoms with E-state index in [9.17, 15) is 5.11 Å². The summed E-state index contributed by atoms with van der Waals surface area (Å²) >= 11 is 13.4. The lowest BCUT2D eigenvalue weighted by Crippen LogP contribution is -2.47. The topological polar surface area (TPSA) is 111 Å². The summed E-state index contributed by atoms with van der Waals surface area (Å²) in [7, 11) is 3.05.